The summed E-state index contributed by atoms with van der Waals surface area (Å²) in [6.07, 6.45) is 4.08. The number of hydrogen-bond donors (Lipinski definition) is 3. The lowest BCUT2D eigenvalue weighted by Crippen LogP contribution is -2.29. The van der Waals surface area contributed by atoms with Crippen molar-refractivity contribution in [2.75, 3.05) is 32.6 Å². The van der Waals surface area contributed by atoms with Crippen LogP contribution in [-0.2, 0) is 30.0 Å². The van der Waals surface area contributed by atoms with Crippen molar-refractivity contribution in [2.45, 2.75) is 31.7 Å². The molecule has 4 aromatic rings. The topological polar surface area (TPSA) is 87.0 Å². The van der Waals surface area contributed by atoms with Gasteiger partial charge in [-0.1, -0.05) is 12.1 Å². The van der Waals surface area contributed by atoms with E-state index in [0.29, 0.717) is 31.8 Å². The number of nitrogens with zero attached hydrogens (tertiary/aromatic N) is 4. The lowest BCUT2D eigenvalue weighted by atomic mass is 9.91. The Balaban J connectivity index is 1.36. The fourth-order valence-electron chi connectivity index (χ4n) is 5.24. The number of fused-ring (bicyclic) bond motifs is 2. The molecule has 5 heterocycles. The number of rotatable bonds is 6. The van der Waals surface area contributed by atoms with E-state index in [-0.39, 0.29) is 5.82 Å². The molecule has 36 heavy (non-hydrogen) atoms. The first kappa shape index (κ1) is 23.1. The van der Waals surface area contributed by atoms with Gasteiger partial charge in [0.2, 0.25) is 0 Å². The van der Waals surface area contributed by atoms with E-state index in [1.807, 2.05) is 35.5 Å². The third-order valence-corrected chi connectivity index (χ3v) is 6.99. The average Bonchev–Trinajstić information content (AvgIpc) is 3.59. The predicted molar refractivity (Wildman–Crippen MR) is 135 cm³/mol. The van der Waals surface area contributed by atoms with E-state index in [1.165, 1.54) is 23.3 Å². The molecule has 0 amide bonds. The third-order valence-electron chi connectivity index (χ3n) is 6.99. The highest BCUT2D eigenvalue weighted by Crippen LogP contribution is 2.37. The smallest absolute Gasteiger partial charge is 0.140 e. The highest BCUT2D eigenvalue weighted by molar-refractivity contribution is 5.75. The number of benzene rings is 1. The van der Waals surface area contributed by atoms with Gasteiger partial charge < -0.3 is 25.4 Å². The number of halogens is 1. The van der Waals surface area contributed by atoms with Crippen molar-refractivity contribution in [1.29, 1.82) is 0 Å². The molecule has 3 aromatic heterocycles. The van der Waals surface area contributed by atoms with Crippen molar-refractivity contribution in [2.24, 2.45) is 0 Å². The van der Waals surface area contributed by atoms with E-state index in [9.17, 15) is 9.50 Å². The molecule has 8 nitrogen and oxygen atoms in total. The third kappa shape index (κ3) is 4.04. The summed E-state index contributed by atoms with van der Waals surface area (Å²) in [5, 5.41) is 18.1. The first-order valence-electron chi connectivity index (χ1n) is 12.1. The minimum absolute atomic E-state index is 0.290. The van der Waals surface area contributed by atoms with Crippen LogP contribution in [0.25, 0.3) is 16.9 Å². The van der Waals surface area contributed by atoms with Crippen molar-refractivity contribution < 1.29 is 14.2 Å². The van der Waals surface area contributed by atoms with Crippen LogP contribution in [0.1, 0.15) is 28.8 Å². The Bertz CT molecular complexity index is 1440. The number of aromatic nitrogens is 3. The van der Waals surface area contributed by atoms with Crippen LogP contribution in [0.4, 0.5) is 15.9 Å². The van der Waals surface area contributed by atoms with Gasteiger partial charge in [0.25, 0.3) is 0 Å². The molecule has 0 radical (unpaired) electrons. The second kappa shape index (κ2) is 8.94. The zero-order chi connectivity index (χ0) is 24.9. The van der Waals surface area contributed by atoms with Crippen LogP contribution in [0.15, 0.2) is 48.8 Å². The SMILES string of the molecule is CN(C)Cc1nc(Nc2ccc(-c3cnc4cc(F)ccn34)c3c2CNC3)ccc1[C@]1(O)CCOC1. The predicted octanol–water partition coefficient (Wildman–Crippen LogP) is 3.55. The van der Waals surface area contributed by atoms with Gasteiger partial charge in [0.15, 0.2) is 0 Å². The maximum Gasteiger partial charge on any atom is 0.140 e. The van der Waals surface area contributed by atoms with Crippen molar-refractivity contribution in [3.05, 3.63) is 77.0 Å². The fourth-order valence-corrected chi connectivity index (χ4v) is 5.24. The summed E-state index contributed by atoms with van der Waals surface area (Å²) in [7, 11) is 3.99. The molecule has 1 aromatic carbocycles. The van der Waals surface area contributed by atoms with E-state index in [4.69, 9.17) is 9.72 Å². The molecule has 3 N–H and O–H groups in total. The van der Waals surface area contributed by atoms with Gasteiger partial charge in [0.1, 0.15) is 22.9 Å². The van der Waals surface area contributed by atoms with Crippen molar-refractivity contribution in [3.8, 4) is 11.3 Å². The average molecular weight is 489 g/mol. The lowest BCUT2D eigenvalue weighted by molar-refractivity contribution is 0.0217. The summed E-state index contributed by atoms with van der Waals surface area (Å²) >= 11 is 0. The van der Waals surface area contributed by atoms with Gasteiger partial charge in [0.05, 0.1) is 24.2 Å². The molecular weight excluding hydrogens is 459 g/mol. The largest absolute Gasteiger partial charge is 0.383 e. The molecule has 186 valence electrons. The van der Waals surface area contributed by atoms with Crippen LogP contribution in [0.5, 0.6) is 0 Å². The number of anilines is 2. The summed E-state index contributed by atoms with van der Waals surface area (Å²) in [4.78, 5) is 11.3. The molecule has 0 unspecified atom stereocenters. The normalized spacial score (nSPS) is 19.4. The maximum atomic E-state index is 13.7. The molecule has 0 spiro atoms. The second-order valence-corrected chi connectivity index (χ2v) is 9.83. The van der Waals surface area contributed by atoms with E-state index in [2.05, 4.69) is 27.8 Å². The minimum atomic E-state index is -0.999. The molecule has 0 aliphatic carbocycles. The van der Waals surface area contributed by atoms with Crippen molar-refractivity contribution >= 4 is 17.2 Å². The molecule has 0 saturated carbocycles. The summed E-state index contributed by atoms with van der Waals surface area (Å²) in [5.74, 6) is 0.427. The fraction of sp³-hybridized carbons (Fsp3) is 0.333. The maximum absolute atomic E-state index is 13.7. The Morgan fingerprint density at radius 2 is 2.06 bits per heavy atom. The Hall–Kier alpha value is -3.37. The van der Waals surface area contributed by atoms with Crippen LogP contribution in [0.2, 0.25) is 0 Å². The van der Waals surface area contributed by atoms with Gasteiger partial charge in [-0.15, -0.1) is 0 Å². The first-order chi connectivity index (χ1) is 17.4. The molecule has 2 aliphatic heterocycles. The molecule has 6 rings (SSSR count). The van der Waals surface area contributed by atoms with Crippen LogP contribution >= 0.6 is 0 Å². The van der Waals surface area contributed by atoms with Gasteiger partial charge in [-0.25, -0.2) is 14.4 Å². The van der Waals surface area contributed by atoms with E-state index in [1.54, 1.807) is 12.4 Å². The molecule has 1 atom stereocenters. The van der Waals surface area contributed by atoms with Gasteiger partial charge >= 0.3 is 0 Å². The molecular formula is C27H29FN6O2. The van der Waals surface area contributed by atoms with Gasteiger partial charge in [-0.2, -0.15) is 0 Å². The van der Waals surface area contributed by atoms with Gasteiger partial charge in [-0.05, 0) is 43.4 Å². The molecule has 0 bridgehead atoms. The Kier molecular flexibility index (Phi) is 5.72. The summed E-state index contributed by atoms with van der Waals surface area (Å²) in [6.45, 7) is 2.92. The van der Waals surface area contributed by atoms with Gasteiger partial charge in [0, 0.05) is 61.7 Å². The van der Waals surface area contributed by atoms with E-state index in [0.717, 1.165) is 47.1 Å². The highest BCUT2D eigenvalue weighted by atomic mass is 19.1. The number of pyridine rings is 2. The molecule has 1 saturated heterocycles. The highest BCUT2D eigenvalue weighted by Gasteiger charge is 2.36. The number of ether oxygens (including phenoxy) is 1. The number of aliphatic hydroxyl groups is 1. The van der Waals surface area contributed by atoms with Crippen molar-refractivity contribution in [1.82, 2.24) is 24.6 Å². The van der Waals surface area contributed by atoms with Crippen LogP contribution in [0, 0.1) is 5.82 Å². The zero-order valence-electron chi connectivity index (χ0n) is 20.4. The number of hydrogen-bond acceptors (Lipinski definition) is 7. The Morgan fingerprint density at radius 3 is 2.86 bits per heavy atom. The van der Waals surface area contributed by atoms with Crippen LogP contribution < -0.4 is 10.6 Å². The first-order valence-corrected chi connectivity index (χ1v) is 12.1. The molecule has 1 fully saturated rings. The van der Waals surface area contributed by atoms with Crippen LogP contribution in [-0.4, -0.2) is 51.7 Å². The van der Waals surface area contributed by atoms with E-state index >= 15 is 0 Å². The zero-order valence-corrected chi connectivity index (χ0v) is 20.4. The number of imidazole rings is 1. The summed E-state index contributed by atoms with van der Waals surface area (Å²) in [5.41, 5.74) is 6.59. The van der Waals surface area contributed by atoms with Crippen molar-refractivity contribution in [3.63, 3.8) is 0 Å². The Labute approximate surface area is 208 Å². The lowest BCUT2D eigenvalue weighted by Gasteiger charge is -2.25. The van der Waals surface area contributed by atoms with Crippen LogP contribution in [0.3, 0.4) is 0 Å². The molecule has 9 heteroatoms. The minimum Gasteiger partial charge on any atom is -0.383 e. The standard InChI is InChI=1S/C27H29FN6O2/c1-33(2)15-23-21(27(35)8-10-36-16-27)4-6-25(32-23)31-22-5-3-18(19-12-29-13-20(19)22)24-14-30-26-11-17(28)7-9-34(24)26/h3-7,9,11,14,29,35H,8,10,12-13,15-16H2,1-2H3,(H,31,32)/t27-/m0/s1. The monoisotopic (exact) mass is 488 g/mol. The van der Waals surface area contributed by atoms with Gasteiger partial charge in [-0.3, -0.25) is 4.40 Å². The summed E-state index contributed by atoms with van der Waals surface area (Å²) < 4.78 is 21.1. The van der Waals surface area contributed by atoms with E-state index < -0.39 is 5.60 Å². The quantitative estimate of drug-likeness (QED) is 0.383. The summed E-state index contributed by atoms with van der Waals surface area (Å²) in [6, 6.07) is 10.9. The second-order valence-electron chi connectivity index (χ2n) is 9.83. The number of nitrogens with one attached hydrogen (secondary N) is 2. The molecule has 2 aliphatic rings. The Morgan fingerprint density at radius 1 is 1.19 bits per heavy atom.